The summed E-state index contributed by atoms with van der Waals surface area (Å²) in [6.07, 6.45) is 6.43. The molecule has 3 nitrogen and oxygen atoms in total. The topological polar surface area (TPSA) is 39.4 Å². The van der Waals surface area contributed by atoms with Crippen LogP contribution in [0.2, 0.25) is 0 Å². The Hall–Kier alpha value is -3.07. The van der Waals surface area contributed by atoms with Gasteiger partial charge in [-0.2, -0.15) is 0 Å². The summed E-state index contributed by atoms with van der Waals surface area (Å²) >= 11 is 0. The summed E-state index contributed by atoms with van der Waals surface area (Å²) in [4.78, 5) is 13.0. The Labute approximate surface area is 172 Å². The van der Waals surface area contributed by atoms with Crippen LogP contribution in [-0.4, -0.2) is 6.61 Å². The maximum atomic E-state index is 13.0. The van der Waals surface area contributed by atoms with Gasteiger partial charge in [-0.05, 0) is 64.3 Å². The van der Waals surface area contributed by atoms with Gasteiger partial charge in [-0.1, -0.05) is 47.6 Å². The van der Waals surface area contributed by atoms with Crippen LogP contribution in [0.1, 0.15) is 39.4 Å². The van der Waals surface area contributed by atoms with E-state index in [-0.39, 0.29) is 5.43 Å². The first kappa shape index (κ1) is 20.7. The van der Waals surface area contributed by atoms with Crippen molar-refractivity contribution in [1.82, 2.24) is 0 Å². The van der Waals surface area contributed by atoms with Gasteiger partial charge >= 0.3 is 0 Å². The van der Waals surface area contributed by atoms with Crippen LogP contribution in [-0.2, 0) is 0 Å². The van der Waals surface area contributed by atoms with Gasteiger partial charge in [0.15, 0.2) is 0 Å². The summed E-state index contributed by atoms with van der Waals surface area (Å²) in [5, 5.41) is 0.565. The second-order valence-corrected chi connectivity index (χ2v) is 7.57. The average Bonchev–Trinajstić information content (AvgIpc) is 2.68. The molecule has 0 atom stereocenters. The van der Waals surface area contributed by atoms with E-state index in [9.17, 15) is 4.79 Å². The number of allylic oxidation sites excluding steroid dienone is 3. The first-order valence-electron chi connectivity index (χ1n) is 10.0. The molecular formula is C26H28O3. The molecule has 0 fully saturated rings. The van der Waals surface area contributed by atoms with Crippen molar-refractivity contribution in [2.24, 2.45) is 0 Å². The maximum Gasteiger partial charge on any atom is 0.200 e. The van der Waals surface area contributed by atoms with Crippen LogP contribution in [0.15, 0.2) is 81.0 Å². The fourth-order valence-corrected chi connectivity index (χ4v) is 3.28. The molecule has 0 radical (unpaired) electrons. The number of benzene rings is 2. The molecule has 0 saturated carbocycles. The van der Waals surface area contributed by atoms with Gasteiger partial charge in [0.25, 0.3) is 0 Å². The van der Waals surface area contributed by atoms with Gasteiger partial charge in [0.2, 0.25) is 5.43 Å². The average molecular weight is 389 g/mol. The number of fused-ring (bicyclic) bond motifs is 1. The molecule has 0 amide bonds. The zero-order chi connectivity index (χ0) is 20.8. The summed E-state index contributed by atoms with van der Waals surface area (Å²) in [5.74, 6) is 1.31. The van der Waals surface area contributed by atoms with Gasteiger partial charge in [-0.15, -0.1) is 0 Å². The Morgan fingerprint density at radius 1 is 1.03 bits per heavy atom. The smallest absolute Gasteiger partial charge is 0.200 e. The molecular weight excluding hydrogens is 360 g/mol. The van der Waals surface area contributed by atoms with Crippen molar-refractivity contribution in [3.8, 4) is 16.9 Å². The van der Waals surface area contributed by atoms with E-state index in [0.29, 0.717) is 34.6 Å². The SMILES string of the molecule is CC(C)=CCCC(C)=CCOc1ccc2c(=O)c(-c3ccccc3)c(C)oc2c1. The molecule has 0 bridgehead atoms. The highest BCUT2D eigenvalue weighted by atomic mass is 16.5. The van der Waals surface area contributed by atoms with Crippen LogP contribution in [0, 0.1) is 6.92 Å². The molecule has 0 N–H and O–H groups in total. The predicted molar refractivity (Wildman–Crippen MR) is 121 cm³/mol. The van der Waals surface area contributed by atoms with E-state index in [4.69, 9.17) is 9.15 Å². The third-order valence-corrected chi connectivity index (χ3v) is 4.88. The minimum absolute atomic E-state index is 0.0171. The molecule has 0 aliphatic carbocycles. The largest absolute Gasteiger partial charge is 0.489 e. The summed E-state index contributed by atoms with van der Waals surface area (Å²) in [6.45, 7) is 8.68. The highest BCUT2D eigenvalue weighted by Gasteiger charge is 2.13. The van der Waals surface area contributed by atoms with Crippen LogP contribution in [0.5, 0.6) is 5.75 Å². The van der Waals surface area contributed by atoms with E-state index < -0.39 is 0 Å². The Morgan fingerprint density at radius 3 is 2.52 bits per heavy atom. The lowest BCUT2D eigenvalue weighted by atomic mass is 10.0. The van der Waals surface area contributed by atoms with Crippen molar-refractivity contribution in [2.45, 2.75) is 40.5 Å². The van der Waals surface area contributed by atoms with E-state index in [2.05, 4.69) is 32.9 Å². The molecule has 2 aromatic carbocycles. The number of hydrogen-bond acceptors (Lipinski definition) is 3. The van der Waals surface area contributed by atoms with Crippen molar-refractivity contribution < 1.29 is 9.15 Å². The van der Waals surface area contributed by atoms with Crippen molar-refractivity contribution >= 4 is 11.0 Å². The summed E-state index contributed by atoms with van der Waals surface area (Å²) in [5.41, 5.74) is 4.66. The van der Waals surface area contributed by atoms with Crippen LogP contribution in [0.3, 0.4) is 0 Å². The first-order valence-corrected chi connectivity index (χ1v) is 10.0. The Balaban J connectivity index is 1.77. The zero-order valence-corrected chi connectivity index (χ0v) is 17.6. The van der Waals surface area contributed by atoms with Crippen molar-refractivity contribution in [2.75, 3.05) is 6.61 Å². The lowest BCUT2D eigenvalue weighted by molar-refractivity contribution is 0.361. The maximum absolute atomic E-state index is 13.0. The second-order valence-electron chi connectivity index (χ2n) is 7.57. The van der Waals surface area contributed by atoms with Gasteiger partial charge < -0.3 is 9.15 Å². The van der Waals surface area contributed by atoms with Crippen molar-refractivity contribution in [3.63, 3.8) is 0 Å². The molecule has 0 saturated heterocycles. The highest BCUT2D eigenvalue weighted by molar-refractivity contribution is 5.83. The lowest BCUT2D eigenvalue weighted by Crippen LogP contribution is -2.07. The number of aryl methyl sites for hydroxylation is 1. The number of hydrogen-bond donors (Lipinski definition) is 0. The third-order valence-electron chi connectivity index (χ3n) is 4.88. The van der Waals surface area contributed by atoms with E-state index in [1.165, 1.54) is 11.1 Å². The molecule has 3 rings (SSSR count). The quantitative estimate of drug-likeness (QED) is 0.416. The number of ether oxygens (including phenoxy) is 1. The first-order chi connectivity index (χ1) is 14.0. The highest BCUT2D eigenvalue weighted by Crippen LogP contribution is 2.26. The summed E-state index contributed by atoms with van der Waals surface area (Å²) in [7, 11) is 0. The van der Waals surface area contributed by atoms with E-state index in [0.717, 1.165) is 18.4 Å². The molecule has 1 heterocycles. The van der Waals surface area contributed by atoms with Gasteiger partial charge in [0.1, 0.15) is 23.7 Å². The van der Waals surface area contributed by atoms with Crippen molar-refractivity contribution in [1.29, 1.82) is 0 Å². The number of rotatable bonds is 7. The normalized spacial score (nSPS) is 11.5. The van der Waals surface area contributed by atoms with Gasteiger partial charge in [-0.25, -0.2) is 0 Å². The van der Waals surface area contributed by atoms with Gasteiger partial charge in [0, 0.05) is 6.07 Å². The minimum atomic E-state index is -0.0171. The molecule has 1 aromatic heterocycles. The Morgan fingerprint density at radius 2 is 1.79 bits per heavy atom. The Kier molecular flexibility index (Phi) is 6.71. The fraction of sp³-hybridized carbons (Fsp3) is 0.269. The van der Waals surface area contributed by atoms with Gasteiger partial charge in [-0.3, -0.25) is 4.79 Å². The molecule has 0 aliphatic heterocycles. The van der Waals surface area contributed by atoms with Crippen LogP contribution in [0.4, 0.5) is 0 Å². The second kappa shape index (κ2) is 9.42. The zero-order valence-electron chi connectivity index (χ0n) is 17.6. The lowest BCUT2D eigenvalue weighted by Gasteiger charge is -2.09. The summed E-state index contributed by atoms with van der Waals surface area (Å²) in [6, 6.07) is 15.0. The molecule has 3 aromatic rings. The van der Waals surface area contributed by atoms with E-state index in [1.807, 2.05) is 43.3 Å². The molecule has 0 unspecified atom stereocenters. The predicted octanol–water partition coefficient (Wildman–Crippen LogP) is 6.84. The van der Waals surface area contributed by atoms with E-state index >= 15 is 0 Å². The van der Waals surface area contributed by atoms with Gasteiger partial charge in [0.05, 0.1) is 10.9 Å². The van der Waals surface area contributed by atoms with Crippen LogP contribution >= 0.6 is 0 Å². The molecule has 29 heavy (non-hydrogen) atoms. The Bertz CT molecular complexity index is 1100. The minimum Gasteiger partial charge on any atom is -0.489 e. The van der Waals surface area contributed by atoms with Crippen LogP contribution in [0.25, 0.3) is 22.1 Å². The standard InChI is InChI=1S/C26H28O3/c1-18(2)9-8-10-19(3)15-16-28-22-13-14-23-24(17-22)29-20(4)25(26(23)27)21-11-6-5-7-12-21/h5-7,9,11-15,17H,8,10,16H2,1-4H3. The van der Waals surface area contributed by atoms with Crippen molar-refractivity contribution in [3.05, 3.63) is 87.8 Å². The summed E-state index contributed by atoms with van der Waals surface area (Å²) < 4.78 is 11.8. The van der Waals surface area contributed by atoms with Crippen LogP contribution < -0.4 is 10.2 Å². The third kappa shape index (κ3) is 5.26. The van der Waals surface area contributed by atoms with E-state index in [1.54, 1.807) is 12.1 Å². The molecule has 0 spiro atoms. The molecule has 3 heteroatoms. The molecule has 150 valence electrons. The monoisotopic (exact) mass is 388 g/mol. The molecule has 0 aliphatic rings. The fourth-order valence-electron chi connectivity index (χ4n) is 3.28.